The summed E-state index contributed by atoms with van der Waals surface area (Å²) in [6.07, 6.45) is -1.18. The predicted molar refractivity (Wildman–Crippen MR) is 120 cm³/mol. The Morgan fingerprint density at radius 1 is 1.14 bits per heavy atom. The molecule has 16 heteroatoms. The number of piperazine rings is 1. The van der Waals surface area contributed by atoms with Crippen molar-refractivity contribution in [3.63, 3.8) is 0 Å². The van der Waals surface area contributed by atoms with Crippen LogP contribution in [0, 0.1) is 0 Å². The minimum atomic E-state index is -5.08. The summed E-state index contributed by atoms with van der Waals surface area (Å²) in [6.45, 7) is 3.10. The van der Waals surface area contributed by atoms with Gasteiger partial charge in [-0.25, -0.2) is 9.59 Å². The molecular weight excluding hydrogens is 529 g/mol. The number of rotatable bonds is 3. The van der Waals surface area contributed by atoms with Crippen molar-refractivity contribution in [1.29, 1.82) is 0 Å². The number of allylic oxidation sites excluding steroid dienone is 2. The number of fused-ring (bicyclic) bond motifs is 2. The van der Waals surface area contributed by atoms with Crippen LogP contribution in [0.1, 0.15) is 5.56 Å². The number of amides is 2. The van der Waals surface area contributed by atoms with E-state index in [9.17, 15) is 26.7 Å². The summed E-state index contributed by atoms with van der Waals surface area (Å²) in [5.74, 6) is -2.66. The molecule has 2 amide bonds. The van der Waals surface area contributed by atoms with Crippen LogP contribution in [0.5, 0.6) is 11.5 Å². The summed E-state index contributed by atoms with van der Waals surface area (Å²) in [6, 6.07) is 4.68. The highest BCUT2D eigenvalue weighted by molar-refractivity contribution is 7.95. The number of carbonyl (C=O) groups excluding carboxylic acids is 1. The van der Waals surface area contributed by atoms with Gasteiger partial charge in [0.1, 0.15) is 0 Å². The van der Waals surface area contributed by atoms with Crippen molar-refractivity contribution >= 4 is 24.1 Å². The van der Waals surface area contributed by atoms with E-state index in [4.69, 9.17) is 9.90 Å². The van der Waals surface area contributed by atoms with E-state index in [0.29, 0.717) is 32.7 Å². The van der Waals surface area contributed by atoms with Gasteiger partial charge in [-0.1, -0.05) is 6.07 Å². The van der Waals surface area contributed by atoms with Gasteiger partial charge in [0.2, 0.25) is 0 Å². The van der Waals surface area contributed by atoms with Crippen molar-refractivity contribution < 1.29 is 46.1 Å². The summed E-state index contributed by atoms with van der Waals surface area (Å²) in [4.78, 5) is 25.5. The lowest BCUT2D eigenvalue weighted by atomic mass is 10.1. The van der Waals surface area contributed by atoms with Crippen LogP contribution in [0.2, 0.25) is 0 Å². The van der Waals surface area contributed by atoms with E-state index >= 15 is 0 Å². The average Bonchev–Trinajstić information content (AvgIpc) is 3.42. The molecule has 200 valence electrons. The van der Waals surface area contributed by atoms with E-state index in [1.165, 1.54) is 18.2 Å². The Bertz CT molecular complexity index is 1150. The number of alkyl halides is 5. The van der Waals surface area contributed by atoms with E-state index < -0.39 is 18.4 Å². The first-order valence-corrected chi connectivity index (χ1v) is 11.5. The minimum absolute atomic E-state index is 0.0432. The Morgan fingerprint density at radius 3 is 2.49 bits per heavy atom. The number of hydrogen-bond acceptors (Lipinski definition) is 8. The number of nitrogens with zero attached hydrogens (tertiary/aromatic N) is 3. The Hall–Kier alpha value is -3.66. The monoisotopic (exact) mass is 549 g/mol. The number of aliphatic carboxylic acids is 1. The molecule has 0 bridgehead atoms. The zero-order valence-corrected chi connectivity index (χ0v) is 19.6. The third-order valence-electron chi connectivity index (χ3n) is 5.36. The molecule has 4 aliphatic rings. The molecule has 0 saturated carbocycles. The van der Waals surface area contributed by atoms with Crippen molar-refractivity contribution in [3.05, 3.63) is 59.7 Å². The Balaban J connectivity index is 0.000000405. The molecule has 0 aromatic heterocycles. The predicted octanol–water partition coefficient (Wildman–Crippen LogP) is 3.19. The highest BCUT2D eigenvalue weighted by atomic mass is 32.2. The van der Waals surface area contributed by atoms with E-state index in [1.54, 1.807) is 17.0 Å². The van der Waals surface area contributed by atoms with Gasteiger partial charge < -0.3 is 29.5 Å². The van der Waals surface area contributed by atoms with Crippen LogP contribution >= 0.6 is 12.1 Å². The minimum Gasteiger partial charge on any atom is -0.475 e. The van der Waals surface area contributed by atoms with Crippen molar-refractivity contribution in [1.82, 2.24) is 24.1 Å². The standard InChI is InChI=1S/C19H19F2N5O3S.C2HF3O2/c20-19(21)28-16-4-3-13(10-17(16)29-19)12-24-6-8-25(9-7-24)18(27)23-14-2-1-5-26-15(14)11-22-30-26;3-2(4,5)1(6)7/h1-5,10-11,22H,6-9,12H2,(H,23,27);(H,6,7). The molecule has 3 N–H and O–H groups in total. The molecule has 4 aliphatic heterocycles. The number of urea groups is 1. The van der Waals surface area contributed by atoms with E-state index in [-0.39, 0.29) is 17.5 Å². The number of carbonyl (C=O) groups is 2. The maximum absolute atomic E-state index is 13.2. The van der Waals surface area contributed by atoms with Gasteiger partial charge in [-0.2, -0.15) is 13.2 Å². The molecule has 0 atom stereocenters. The van der Waals surface area contributed by atoms with Crippen molar-refractivity contribution in [3.8, 4) is 11.5 Å². The van der Waals surface area contributed by atoms with Crippen molar-refractivity contribution in [2.45, 2.75) is 19.0 Å². The van der Waals surface area contributed by atoms with Gasteiger partial charge in [0.05, 0.1) is 23.5 Å². The quantitative estimate of drug-likeness (QED) is 0.387. The summed E-state index contributed by atoms with van der Waals surface area (Å²) < 4.78 is 72.0. The smallest absolute Gasteiger partial charge is 0.475 e. The van der Waals surface area contributed by atoms with Gasteiger partial charge in [-0.05, 0) is 29.8 Å². The Kier molecular flexibility index (Phi) is 7.40. The number of hydrogen-bond donors (Lipinski definition) is 3. The van der Waals surface area contributed by atoms with Gasteiger partial charge in [0, 0.05) is 45.1 Å². The number of benzene rings is 1. The summed E-state index contributed by atoms with van der Waals surface area (Å²) in [7, 11) is 0. The summed E-state index contributed by atoms with van der Waals surface area (Å²) in [5.41, 5.74) is 2.51. The fourth-order valence-corrected chi connectivity index (χ4v) is 4.28. The highest BCUT2D eigenvalue weighted by Gasteiger charge is 2.43. The van der Waals surface area contributed by atoms with Crippen molar-refractivity contribution in [2.24, 2.45) is 0 Å². The van der Waals surface area contributed by atoms with Gasteiger partial charge in [0.15, 0.2) is 11.5 Å². The van der Waals surface area contributed by atoms with Gasteiger partial charge >= 0.3 is 24.5 Å². The van der Waals surface area contributed by atoms with E-state index in [2.05, 4.69) is 24.4 Å². The fourth-order valence-electron chi connectivity index (χ4n) is 3.62. The van der Waals surface area contributed by atoms with Crippen LogP contribution in [0.3, 0.4) is 0 Å². The van der Waals surface area contributed by atoms with Crippen LogP contribution in [-0.2, 0) is 11.3 Å². The van der Waals surface area contributed by atoms with Crippen LogP contribution in [0.25, 0.3) is 0 Å². The van der Waals surface area contributed by atoms with E-state index in [0.717, 1.165) is 17.0 Å². The number of carboxylic acid groups (broad SMARTS) is 1. The molecule has 0 unspecified atom stereocenters. The maximum atomic E-state index is 13.2. The third kappa shape index (κ3) is 6.56. The van der Waals surface area contributed by atoms with Crippen LogP contribution < -0.4 is 19.5 Å². The lowest BCUT2D eigenvalue weighted by Gasteiger charge is -2.35. The van der Waals surface area contributed by atoms with E-state index in [1.807, 2.05) is 28.9 Å². The van der Waals surface area contributed by atoms with Gasteiger partial charge in [-0.3, -0.25) is 9.21 Å². The number of halogens is 5. The van der Waals surface area contributed by atoms with Crippen LogP contribution in [0.15, 0.2) is 54.1 Å². The fraction of sp³-hybridized carbons (Fsp3) is 0.333. The SMILES string of the molecule is O=C(NC1=CC=CN2SNC=C12)N1CCN(Cc2ccc3c(c2)OC(F)(F)O3)CC1.O=C(O)C(F)(F)F. The molecule has 1 aromatic carbocycles. The summed E-state index contributed by atoms with van der Waals surface area (Å²) in [5, 5.41) is 10.1. The zero-order valence-electron chi connectivity index (χ0n) is 18.8. The first-order chi connectivity index (χ1) is 17.4. The average molecular weight is 549 g/mol. The first kappa shape index (κ1) is 26.4. The summed E-state index contributed by atoms with van der Waals surface area (Å²) >= 11 is 1.43. The lowest BCUT2D eigenvalue weighted by molar-refractivity contribution is -0.286. The van der Waals surface area contributed by atoms with Gasteiger partial charge in [-0.15, -0.1) is 8.78 Å². The second-order valence-corrected chi connectivity index (χ2v) is 8.74. The zero-order chi connectivity index (χ0) is 26.8. The maximum Gasteiger partial charge on any atom is 0.586 e. The topological polar surface area (TPSA) is 107 Å². The van der Waals surface area contributed by atoms with Crippen LogP contribution in [-0.4, -0.2) is 69.9 Å². The number of carboxylic acids is 1. The molecule has 4 heterocycles. The molecule has 1 fully saturated rings. The molecule has 0 aliphatic carbocycles. The first-order valence-electron chi connectivity index (χ1n) is 10.7. The highest BCUT2D eigenvalue weighted by Crippen LogP contribution is 2.41. The number of nitrogens with one attached hydrogen (secondary N) is 2. The normalized spacial score (nSPS) is 19.7. The third-order valence-corrected chi connectivity index (χ3v) is 6.10. The molecule has 1 aromatic rings. The van der Waals surface area contributed by atoms with Crippen LogP contribution in [0.4, 0.5) is 26.7 Å². The largest absolute Gasteiger partial charge is 0.586 e. The lowest BCUT2D eigenvalue weighted by Crippen LogP contribution is -2.51. The second-order valence-electron chi connectivity index (χ2n) is 7.93. The molecule has 0 radical (unpaired) electrons. The second kappa shape index (κ2) is 10.4. The Morgan fingerprint density at radius 2 is 1.81 bits per heavy atom. The number of ether oxygens (including phenoxy) is 2. The van der Waals surface area contributed by atoms with Crippen molar-refractivity contribution in [2.75, 3.05) is 26.2 Å². The van der Waals surface area contributed by atoms with Gasteiger partial charge in [0.25, 0.3) is 0 Å². The molecule has 37 heavy (non-hydrogen) atoms. The Labute approximate surface area is 211 Å². The molecule has 1 saturated heterocycles. The molecule has 10 nitrogen and oxygen atoms in total. The molecule has 0 spiro atoms. The molecular formula is C21H20F5N5O5S. The molecule has 5 rings (SSSR count).